The normalized spacial score (nSPS) is 23.9. The Hall–Kier alpha value is -2.86. The highest BCUT2D eigenvalue weighted by atomic mass is 16.5. The summed E-state index contributed by atoms with van der Waals surface area (Å²) in [6, 6.07) is 11.2. The molecule has 6 heteroatoms. The summed E-state index contributed by atoms with van der Waals surface area (Å²) >= 11 is 0. The minimum Gasteiger partial charge on any atom is -0.466 e. The number of fused-ring (bicyclic) bond motifs is 3. The Morgan fingerprint density at radius 1 is 1.45 bits per heavy atom. The molecule has 3 rings (SSSR count). The van der Waals surface area contributed by atoms with E-state index in [1.807, 2.05) is 36.4 Å². The van der Waals surface area contributed by atoms with Crippen LogP contribution in [0.3, 0.4) is 0 Å². The lowest BCUT2D eigenvalue weighted by atomic mass is 9.88. The highest BCUT2D eigenvalue weighted by Gasteiger charge is 2.57. The first-order chi connectivity index (χ1) is 10.7. The van der Waals surface area contributed by atoms with Gasteiger partial charge in [-0.25, -0.2) is 0 Å². The van der Waals surface area contributed by atoms with Gasteiger partial charge in [-0.15, -0.1) is 0 Å². The molecule has 2 heterocycles. The Labute approximate surface area is 128 Å². The summed E-state index contributed by atoms with van der Waals surface area (Å²) in [4.78, 5) is 12.3. The molecule has 0 radical (unpaired) electrons. The lowest BCUT2D eigenvalue weighted by Crippen LogP contribution is -2.40. The standard InChI is InChI=1S/C16H14N4O2/c1-2-22-15(21)13-7-16(9-17,10-18)20-14(13)12-6-4-3-5-11(12)8-19-20/h3-6,8,13-14H,2,7H2,1H3/t13-,14-/m0/s1. The van der Waals surface area contributed by atoms with Crippen LogP contribution in [0.1, 0.15) is 30.5 Å². The summed E-state index contributed by atoms with van der Waals surface area (Å²) in [7, 11) is 0. The molecule has 0 saturated carbocycles. The number of hydrogen-bond donors (Lipinski definition) is 0. The number of carbonyl (C=O) groups excluding carboxylic acids is 1. The van der Waals surface area contributed by atoms with Crippen LogP contribution in [0.5, 0.6) is 0 Å². The lowest BCUT2D eigenvalue weighted by molar-refractivity contribution is -0.149. The van der Waals surface area contributed by atoms with Crippen LogP contribution in [-0.4, -0.2) is 29.3 Å². The van der Waals surface area contributed by atoms with E-state index >= 15 is 0 Å². The molecule has 2 aliphatic rings. The Kier molecular flexibility index (Phi) is 3.30. The average Bonchev–Trinajstić information content (AvgIpc) is 2.91. The van der Waals surface area contributed by atoms with E-state index in [9.17, 15) is 15.3 Å². The zero-order valence-corrected chi connectivity index (χ0v) is 12.1. The molecule has 0 bridgehead atoms. The second-order valence-electron chi connectivity index (χ2n) is 5.31. The minimum atomic E-state index is -1.44. The molecule has 0 amide bonds. The summed E-state index contributed by atoms with van der Waals surface area (Å²) in [6.45, 7) is 2.00. The molecule has 0 aromatic heterocycles. The van der Waals surface area contributed by atoms with Crippen LogP contribution in [-0.2, 0) is 9.53 Å². The number of rotatable bonds is 2. The summed E-state index contributed by atoms with van der Waals surface area (Å²) in [5.41, 5.74) is 0.346. The van der Waals surface area contributed by atoms with Crippen molar-refractivity contribution in [2.45, 2.75) is 24.9 Å². The van der Waals surface area contributed by atoms with Gasteiger partial charge in [0.1, 0.15) is 12.1 Å². The van der Waals surface area contributed by atoms with Gasteiger partial charge in [0.2, 0.25) is 5.54 Å². The van der Waals surface area contributed by atoms with E-state index in [0.29, 0.717) is 0 Å². The SMILES string of the molecule is CCOC(=O)[C@H]1CC(C#N)(C#N)N2N=Cc3ccccc3[C@@H]12. The van der Waals surface area contributed by atoms with Gasteiger partial charge in [0, 0.05) is 6.42 Å². The van der Waals surface area contributed by atoms with Gasteiger partial charge in [0.15, 0.2) is 0 Å². The van der Waals surface area contributed by atoms with Gasteiger partial charge in [-0.2, -0.15) is 15.6 Å². The fourth-order valence-electron chi connectivity index (χ4n) is 3.15. The smallest absolute Gasteiger partial charge is 0.311 e. The molecule has 1 fully saturated rings. The summed E-state index contributed by atoms with van der Waals surface area (Å²) < 4.78 is 5.14. The fourth-order valence-corrected chi connectivity index (χ4v) is 3.15. The molecule has 22 heavy (non-hydrogen) atoms. The molecule has 1 saturated heterocycles. The zero-order valence-electron chi connectivity index (χ0n) is 12.1. The topological polar surface area (TPSA) is 89.5 Å². The zero-order chi connectivity index (χ0) is 15.7. The van der Waals surface area contributed by atoms with Gasteiger partial charge in [-0.1, -0.05) is 24.3 Å². The van der Waals surface area contributed by atoms with Crippen LogP contribution in [0.2, 0.25) is 0 Å². The first-order valence-electron chi connectivity index (χ1n) is 7.08. The van der Waals surface area contributed by atoms with E-state index < -0.39 is 23.5 Å². The Morgan fingerprint density at radius 3 is 2.86 bits per heavy atom. The van der Waals surface area contributed by atoms with Gasteiger partial charge in [-0.05, 0) is 18.1 Å². The van der Waals surface area contributed by atoms with Gasteiger partial charge >= 0.3 is 5.97 Å². The molecule has 2 atom stereocenters. The average molecular weight is 294 g/mol. The number of hydrazone groups is 1. The minimum absolute atomic E-state index is 0.0924. The number of benzene rings is 1. The molecule has 0 N–H and O–H groups in total. The quantitative estimate of drug-likeness (QED) is 0.775. The molecule has 0 aliphatic carbocycles. The molecular weight excluding hydrogens is 280 g/mol. The van der Waals surface area contributed by atoms with Crippen LogP contribution >= 0.6 is 0 Å². The van der Waals surface area contributed by atoms with Crippen molar-refractivity contribution in [3.63, 3.8) is 0 Å². The highest BCUT2D eigenvalue weighted by Crippen LogP contribution is 2.49. The van der Waals surface area contributed by atoms with Crippen molar-refractivity contribution in [2.75, 3.05) is 6.61 Å². The first-order valence-corrected chi connectivity index (χ1v) is 7.08. The van der Waals surface area contributed by atoms with Gasteiger partial charge in [-0.3, -0.25) is 9.80 Å². The van der Waals surface area contributed by atoms with Gasteiger partial charge in [0.05, 0.1) is 24.8 Å². The third kappa shape index (κ3) is 1.85. The van der Waals surface area contributed by atoms with Crippen LogP contribution < -0.4 is 0 Å². The van der Waals surface area contributed by atoms with Crippen LogP contribution in [0.4, 0.5) is 0 Å². The molecule has 2 aliphatic heterocycles. The summed E-state index contributed by atoms with van der Waals surface area (Å²) in [6.07, 6.45) is 1.72. The number of esters is 1. The second kappa shape index (κ2) is 5.16. The van der Waals surface area contributed by atoms with Crippen molar-refractivity contribution in [3.05, 3.63) is 35.4 Å². The molecule has 6 nitrogen and oxygen atoms in total. The number of ether oxygens (including phenoxy) is 1. The predicted molar refractivity (Wildman–Crippen MR) is 77.3 cm³/mol. The molecular formula is C16H14N4O2. The van der Waals surface area contributed by atoms with Crippen molar-refractivity contribution < 1.29 is 9.53 Å². The fraction of sp³-hybridized carbons (Fsp3) is 0.375. The van der Waals surface area contributed by atoms with E-state index in [2.05, 4.69) is 5.10 Å². The van der Waals surface area contributed by atoms with E-state index in [0.717, 1.165) is 11.1 Å². The van der Waals surface area contributed by atoms with E-state index in [-0.39, 0.29) is 13.0 Å². The largest absolute Gasteiger partial charge is 0.466 e. The monoisotopic (exact) mass is 294 g/mol. The molecule has 1 aromatic carbocycles. The van der Waals surface area contributed by atoms with Gasteiger partial charge < -0.3 is 4.74 Å². The van der Waals surface area contributed by atoms with E-state index in [1.165, 1.54) is 5.01 Å². The van der Waals surface area contributed by atoms with Crippen LogP contribution in [0.25, 0.3) is 0 Å². The van der Waals surface area contributed by atoms with Crippen molar-refractivity contribution in [1.82, 2.24) is 5.01 Å². The number of hydrogen-bond acceptors (Lipinski definition) is 6. The Bertz CT molecular complexity index is 714. The molecule has 1 aromatic rings. The van der Waals surface area contributed by atoms with Crippen molar-refractivity contribution >= 4 is 12.2 Å². The van der Waals surface area contributed by atoms with Crippen molar-refractivity contribution in [3.8, 4) is 12.1 Å². The predicted octanol–water partition coefficient (Wildman–Crippen LogP) is 1.75. The third-order valence-corrected chi connectivity index (χ3v) is 4.15. The number of carbonyl (C=O) groups is 1. The third-order valence-electron chi connectivity index (χ3n) is 4.15. The van der Waals surface area contributed by atoms with Gasteiger partial charge in [0.25, 0.3) is 0 Å². The first kappa shape index (κ1) is 14.1. The number of nitrogens with zero attached hydrogens (tertiary/aromatic N) is 4. The van der Waals surface area contributed by atoms with E-state index in [1.54, 1.807) is 13.1 Å². The number of nitriles is 2. The maximum atomic E-state index is 12.3. The molecule has 0 unspecified atom stereocenters. The van der Waals surface area contributed by atoms with Crippen molar-refractivity contribution in [1.29, 1.82) is 10.5 Å². The van der Waals surface area contributed by atoms with Crippen molar-refractivity contribution in [2.24, 2.45) is 11.0 Å². The lowest BCUT2D eigenvalue weighted by Gasteiger charge is -2.33. The summed E-state index contributed by atoms with van der Waals surface area (Å²) in [5, 5.41) is 24.7. The maximum Gasteiger partial charge on any atom is 0.311 e. The van der Waals surface area contributed by atoms with Crippen LogP contribution in [0.15, 0.2) is 29.4 Å². The molecule has 110 valence electrons. The highest BCUT2D eigenvalue weighted by molar-refractivity contribution is 5.85. The van der Waals surface area contributed by atoms with Crippen LogP contribution in [0, 0.1) is 28.6 Å². The Balaban J connectivity index is 2.12. The molecule has 0 spiro atoms. The maximum absolute atomic E-state index is 12.3. The summed E-state index contributed by atoms with van der Waals surface area (Å²) in [5.74, 6) is -0.977. The second-order valence-corrected chi connectivity index (χ2v) is 5.31. The Morgan fingerprint density at radius 2 is 2.18 bits per heavy atom. The van der Waals surface area contributed by atoms with E-state index in [4.69, 9.17) is 4.74 Å².